The summed E-state index contributed by atoms with van der Waals surface area (Å²) in [6, 6.07) is 2.11. The molecule has 10 heavy (non-hydrogen) atoms. The Morgan fingerprint density at radius 2 is 1.90 bits per heavy atom. The first-order valence-electron chi connectivity index (χ1n) is 2.24. The molecule has 0 atom stereocenters. The number of nitrogens with two attached hydrogens (primary N) is 1. The van der Waals surface area contributed by atoms with E-state index in [9.17, 15) is 0 Å². The Morgan fingerprint density at radius 1 is 1.60 bits per heavy atom. The number of carbonyl (C=O) groups is 1. The number of hydrogen-bond donors (Lipinski definition) is 1. The molecule has 0 spiro atoms. The van der Waals surface area contributed by atoms with Crippen LogP contribution in [0.5, 0.6) is 0 Å². The summed E-state index contributed by atoms with van der Waals surface area (Å²) in [5.41, 5.74) is 4.75. The monoisotopic (exact) mass is 141 g/mol. The lowest BCUT2D eigenvalue weighted by molar-refractivity contribution is -0.126. The maximum absolute atomic E-state index is 8.95. The van der Waals surface area contributed by atoms with Crippen LogP contribution < -0.4 is 5.73 Å². The van der Waals surface area contributed by atoms with Crippen LogP contribution in [0.3, 0.4) is 0 Å². The van der Waals surface area contributed by atoms with Gasteiger partial charge in [0.15, 0.2) is 6.04 Å². The third kappa shape index (κ3) is 16.1. The Morgan fingerprint density at radius 3 is 1.90 bits per heavy atom. The standard InChI is InChI=1S/C3H3N3.C2H4O2/c4-1-3(6)2-5;1-4-2-3/h3H,6H2;2H,1H3. The average molecular weight is 141 g/mol. The van der Waals surface area contributed by atoms with Crippen molar-refractivity contribution in [3.05, 3.63) is 0 Å². The second-order valence-electron chi connectivity index (χ2n) is 1.07. The predicted octanol–water partition coefficient (Wildman–Crippen LogP) is -0.850. The molecule has 54 valence electrons. The van der Waals surface area contributed by atoms with Crippen molar-refractivity contribution in [3.63, 3.8) is 0 Å². The number of rotatable bonds is 1. The summed E-state index contributed by atoms with van der Waals surface area (Å²) in [6.07, 6.45) is 0. The van der Waals surface area contributed by atoms with Gasteiger partial charge in [-0.1, -0.05) is 0 Å². The zero-order valence-electron chi connectivity index (χ0n) is 5.44. The molecule has 0 aliphatic carbocycles. The molecular weight excluding hydrogens is 134 g/mol. The van der Waals surface area contributed by atoms with Gasteiger partial charge < -0.3 is 10.5 Å². The summed E-state index contributed by atoms with van der Waals surface area (Å²) in [4.78, 5) is 8.95. The van der Waals surface area contributed by atoms with Crippen molar-refractivity contribution < 1.29 is 9.53 Å². The molecule has 0 aliphatic rings. The van der Waals surface area contributed by atoms with Crippen LogP contribution in [0, 0.1) is 22.7 Å². The Hall–Kier alpha value is -1.59. The smallest absolute Gasteiger partial charge is 0.292 e. The van der Waals surface area contributed by atoms with Crippen molar-refractivity contribution >= 4 is 6.47 Å². The first-order valence-corrected chi connectivity index (χ1v) is 2.24. The van der Waals surface area contributed by atoms with E-state index in [1.807, 2.05) is 0 Å². The number of ether oxygens (including phenoxy) is 1. The van der Waals surface area contributed by atoms with Gasteiger partial charge in [0.2, 0.25) is 0 Å². The van der Waals surface area contributed by atoms with Crippen LogP contribution in [0.25, 0.3) is 0 Å². The third-order valence-corrected chi connectivity index (χ3v) is 0.374. The molecular formula is C5H7N3O2. The average Bonchev–Trinajstić information content (AvgIpc) is 2.03. The van der Waals surface area contributed by atoms with Crippen molar-refractivity contribution in [2.75, 3.05) is 7.11 Å². The van der Waals surface area contributed by atoms with Crippen LogP contribution in [0.4, 0.5) is 0 Å². The van der Waals surface area contributed by atoms with E-state index in [0.717, 1.165) is 0 Å². The molecule has 0 aliphatic heterocycles. The Kier molecular flexibility index (Phi) is 11.7. The second kappa shape index (κ2) is 10.4. The van der Waals surface area contributed by atoms with Crippen LogP contribution in [-0.4, -0.2) is 19.6 Å². The van der Waals surface area contributed by atoms with Gasteiger partial charge in [-0.05, 0) is 0 Å². The van der Waals surface area contributed by atoms with Crippen molar-refractivity contribution in [1.29, 1.82) is 10.5 Å². The van der Waals surface area contributed by atoms with E-state index in [1.54, 1.807) is 0 Å². The van der Waals surface area contributed by atoms with Crippen LogP contribution in [0.1, 0.15) is 0 Å². The molecule has 5 nitrogen and oxygen atoms in total. The summed E-state index contributed by atoms with van der Waals surface area (Å²) in [6.45, 7) is 0.375. The molecule has 5 heteroatoms. The highest BCUT2D eigenvalue weighted by molar-refractivity contribution is 5.36. The van der Waals surface area contributed by atoms with Gasteiger partial charge in [0, 0.05) is 0 Å². The molecule has 0 aromatic heterocycles. The van der Waals surface area contributed by atoms with Gasteiger partial charge in [-0.25, -0.2) is 0 Å². The highest BCUT2D eigenvalue weighted by Crippen LogP contribution is 1.61. The molecule has 0 rings (SSSR count). The fraction of sp³-hybridized carbons (Fsp3) is 0.400. The highest BCUT2D eigenvalue weighted by Gasteiger charge is 1.88. The summed E-state index contributed by atoms with van der Waals surface area (Å²) < 4.78 is 3.86. The van der Waals surface area contributed by atoms with Crippen LogP contribution >= 0.6 is 0 Å². The minimum Gasteiger partial charge on any atom is -0.471 e. The zero-order chi connectivity index (χ0) is 8.41. The fourth-order valence-corrected chi connectivity index (χ4v) is 0.0289. The molecule has 2 N–H and O–H groups in total. The molecule has 0 saturated carbocycles. The minimum absolute atomic E-state index is 0.375. The van der Waals surface area contributed by atoms with Crippen LogP contribution in [0.2, 0.25) is 0 Å². The topological polar surface area (TPSA) is 99.9 Å². The summed E-state index contributed by atoms with van der Waals surface area (Å²) in [7, 11) is 1.31. The minimum atomic E-state index is -0.954. The normalized spacial score (nSPS) is 6.10. The van der Waals surface area contributed by atoms with Gasteiger partial charge in [-0.15, -0.1) is 0 Å². The first-order chi connectivity index (χ1) is 4.72. The predicted molar refractivity (Wildman–Crippen MR) is 32.3 cm³/mol. The largest absolute Gasteiger partial charge is 0.471 e. The van der Waals surface area contributed by atoms with Crippen molar-refractivity contribution in [2.24, 2.45) is 5.73 Å². The van der Waals surface area contributed by atoms with Gasteiger partial charge >= 0.3 is 0 Å². The number of nitriles is 2. The molecule has 0 heterocycles. The maximum Gasteiger partial charge on any atom is 0.292 e. The summed E-state index contributed by atoms with van der Waals surface area (Å²) >= 11 is 0. The van der Waals surface area contributed by atoms with Gasteiger partial charge in [0.05, 0.1) is 19.2 Å². The van der Waals surface area contributed by atoms with Crippen molar-refractivity contribution in [1.82, 2.24) is 0 Å². The zero-order valence-corrected chi connectivity index (χ0v) is 5.44. The maximum atomic E-state index is 8.95. The summed E-state index contributed by atoms with van der Waals surface area (Å²) in [5, 5.41) is 15.5. The third-order valence-electron chi connectivity index (χ3n) is 0.374. The lowest BCUT2D eigenvalue weighted by atomic mass is 10.4. The van der Waals surface area contributed by atoms with E-state index in [-0.39, 0.29) is 0 Å². The number of nitrogens with zero attached hydrogens (tertiary/aromatic N) is 2. The molecule has 0 fully saturated rings. The highest BCUT2D eigenvalue weighted by atomic mass is 16.5. The number of hydrogen-bond acceptors (Lipinski definition) is 5. The number of methoxy groups -OCH3 is 1. The van der Waals surface area contributed by atoms with E-state index in [2.05, 4.69) is 4.74 Å². The van der Waals surface area contributed by atoms with E-state index in [4.69, 9.17) is 21.1 Å². The van der Waals surface area contributed by atoms with Gasteiger partial charge in [-0.2, -0.15) is 10.5 Å². The van der Waals surface area contributed by atoms with Gasteiger partial charge in [0.25, 0.3) is 6.47 Å². The van der Waals surface area contributed by atoms with Crippen LogP contribution in [-0.2, 0) is 9.53 Å². The van der Waals surface area contributed by atoms with Crippen molar-refractivity contribution in [2.45, 2.75) is 6.04 Å². The second-order valence-corrected chi connectivity index (χ2v) is 1.07. The lowest BCUT2D eigenvalue weighted by Crippen LogP contribution is -2.12. The first kappa shape index (κ1) is 11.2. The SMILES string of the molecule is COC=O.N#CC(N)C#N. The van der Waals surface area contributed by atoms with E-state index < -0.39 is 6.04 Å². The van der Waals surface area contributed by atoms with E-state index in [1.165, 1.54) is 19.2 Å². The van der Waals surface area contributed by atoms with Crippen molar-refractivity contribution in [3.8, 4) is 12.1 Å². The molecule has 0 radical (unpaired) electrons. The molecule has 0 aromatic carbocycles. The molecule has 0 amide bonds. The lowest BCUT2D eigenvalue weighted by Gasteiger charge is -1.74. The Balaban J connectivity index is 0. The van der Waals surface area contributed by atoms with Gasteiger partial charge in [0.1, 0.15) is 0 Å². The quantitative estimate of drug-likeness (QED) is 0.479. The van der Waals surface area contributed by atoms with E-state index in [0.29, 0.717) is 6.47 Å². The van der Waals surface area contributed by atoms with Gasteiger partial charge in [-0.3, -0.25) is 4.79 Å². The number of carbonyl (C=O) groups excluding carboxylic acids is 1. The molecule has 0 unspecified atom stereocenters. The molecule has 0 aromatic rings. The van der Waals surface area contributed by atoms with E-state index >= 15 is 0 Å². The molecule has 0 bridgehead atoms. The fourth-order valence-electron chi connectivity index (χ4n) is 0.0289. The summed E-state index contributed by atoms with van der Waals surface area (Å²) in [5.74, 6) is 0. The Bertz CT molecular complexity index is 141. The van der Waals surface area contributed by atoms with Crippen LogP contribution in [0.15, 0.2) is 0 Å². The Labute approximate surface area is 58.6 Å². The molecule has 0 saturated heterocycles.